The van der Waals surface area contributed by atoms with Gasteiger partial charge in [0.1, 0.15) is 12.3 Å². The van der Waals surface area contributed by atoms with Gasteiger partial charge in [0, 0.05) is 36.3 Å². The predicted octanol–water partition coefficient (Wildman–Crippen LogP) is 10.9. The Kier molecular flexibility index (Phi) is 10.9. The molecule has 0 aromatic carbocycles. The summed E-state index contributed by atoms with van der Waals surface area (Å²) in [6, 6.07) is 4.10. The van der Waals surface area contributed by atoms with Gasteiger partial charge in [-0.3, -0.25) is 9.80 Å². The Morgan fingerprint density at radius 2 is 0.689 bits per heavy atom. The van der Waals surface area contributed by atoms with Crippen LogP contribution in [0.1, 0.15) is 168 Å². The molecule has 0 N–H and O–H groups in total. The van der Waals surface area contributed by atoms with E-state index in [1.807, 2.05) is 0 Å². The molecule has 0 amide bonds. The molecule has 2 nitrogen and oxygen atoms in total. The number of hydrogen-bond donors (Lipinski definition) is 0. The lowest BCUT2D eigenvalue weighted by atomic mass is 9.52. The van der Waals surface area contributed by atoms with Crippen LogP contribution < -0.4 is 0 Å². The van der Waals surface area contributed by atoms with E-state index in [1.165, 1.54) is 96.3 Å². The minimum absolute atomic E-state index is 0.567. The Labute approximate surface area is 276 Å². The van der Waals surface area contributed by atoms with Crippen LogP contribution in [0, 0.1) is 41.4 Å². The zero-order valence-corrected chi connectivity index (χ0v) is 29.6. The molecule has 0 heterocycles. The molecule has 4 heteroatoms. The molecule has 0 saturated heterocycles. The Bertz CT molecular complexity index is 866. The summed E-state index contributed by atoms with van der Waals surface area (Å²) in [5, 5.41) is 0. The zero-order valence-electron chi connectivity index (χ0n) is 29.6. The van der Waals surface area contributed by atoms with Gasteiger partial charge >= 0.3 is 0 Å². The first-order valence-electron chi connectivity index (χ1n) is 20.7. The van der Waals surface area contributed by atoms with Crippen molar-refractivity contribution in [1.29, 1.82) is 0 Å². The van der Waals surface area contributed by atoms with Gasteiger partial charge in [-0.1, -0.05) is 40.0 Å². The van der Waals surface area contributed by atoms with Crippen molar-refractivity contribution in [3.63, 3.8) is 0 Å². The summed E-state index contributed by atoms with van der Waals surface area (Å²) >= 11 is 0. The highest BCUT2D eigenvalue weighted by molar-refractivity contribution is 5.11. The summed E-state index contributed by atoms with van der Waals surface area (Å²) in [7, 11) is 0. The minimum atomic E-state index is -0.568. The highest BCUT2D eigenvalue weighted by atomic mass is 19.1. The number of halogens is 2. The lowest BCUT2D eigenvalue weighted by Crippen LogP contribution is -2.69. The molecule has 0 aromatic rings. The van der Waals surface area contributed by atoms with E-state index in [9.17, 15) is 8.78 Å². The second kappa shape index (κ2) is 14.7. The lowest BCUT2D eigenvalue weighted by molar-refractivity contribution is -0.153. The van der Waals surface area contributed by atoms with E-state index in [-0.39, 0.29) is 0 Å². The maximum absolute atomic E-state index is 14.6. The van der Waals surface area contributed by atoms with Crippen LogP contribution in [0.3, 0.4) is 0 Å². The fourth-order valence-electron chi connectivity index (χ4n) is 13.1. The molecule has 258 valence electrons. The Balaban J connectivity index is 1.27. The van der Waals surface area contributed by atoms with Crippen molar-refractivity contribution in [3.05, 3.63) is 0 Å². The Hall–Kier alpha value is -0.220. The molecule has 45 heavy (non-hydrogen) atoms. The van der Waals surface area contributed by atoms with Crippen LogP contribution in [0.15, 0.2) is 0 Å². The molecule has 0 aromatic heterocycles. The monoisotopic (exact) mass is 629 g/mol. The van der Waals surface area contributed by atoms with Gasteiger partial charge < -0.3 is 0 Å². The summed E-state index contributed by atoms with van der Waals surface area (Å²) in [5.41, 5.74) is 0. The van der Waals surface area contributed by atoms with Crippen LogP contribution >= 0.6 is 0 Å². The first-order chi connectivity index (χ1) is 21.9. The smallest absolute Gasteiger partial charge is 0.100 e. The van der Waals surface area contributed by atoms with Crippen molar-refractivity contribution in [2.24, 2.45) is 41.4 Å². The first-order valence-corrected chi connectivity index (χ1v) is 20.7. The third-order valence-electron chi connectivity index (χ3n) is 15.4. The normalized spacial score (nSPS) is 49.8. The SMILES string of the molecule is CC1CCC(N(C2CCC(F)CC2)C2C3CCCCC3C(N(C3CCC(C)CC3)C3CCC(F)CC3)C3CC(C)CCC32)CC1. The van der Waals surface area contributed by atoms with Gasteiger partial charge in [0.2, 0.25) is 0 Å². The summed E-state index contributed by atoms with van der Waals surface area (Å²) in [6.07, 6.45) is 27.4. The minimum Gasteiger partial charge on any atom is -0.294 e. The van der Waals surface area contributed by atoms with E-state index in [0.29, 0.717) is 18.1 Å². The molecule has 0 spiro atoms. The molecular weight excluding hydrogens is 558 g/mol. The second-order valence-corrected chi connectivity index (χ2v) is 18.4. The van der Waals surface area contributed by atoms with Crippen LogP contribution in [0.25, 0.3) is 0 Å². The van der Waals surface area contributed by atoms with Crippen LogP contribution in [-0.4, -0.2) is 58.4 Å². The van der Waals surface area contributed by atoms with Crippen molar-refractivity contribution >= 4 is 0 Å². The quantitative estimate of drug-likeness (QED) is 0.289. The Morgan fingerprint density at radius 3 is 1.11 bits per heavy atom. The lowest BCUT2D eigenvalue weighted by Gasteiger charge is -2.65. The van der Waals surface area contributed by atoms with Crippen molar-refractivity contribution in [3.8, 4) is 0 Å². The fourth-order valence-corrected chi connectivity index (χ4v) is 13.1. The highest BCUT2D eigenvalue weighted by Crippen LogP contribution is 2.57. The molecule has 7 aliphatic carbocycles. The molecule has 7 atom stereocenters. The van der Waals surface area contributed by atoms with Crippen LogP contribution in [-0.2, 0) is 0 Å². The molecule has 7 rings (SSSR count). The van der Waals surface area contributed by atoms with Crippen molar-refractivity contribution < 1.29 is 8.78 Å². The largest absolute Gasteiger partial charge is 0.294 e. The molecule has 0 aliphatic heterocycles. The number of fused-ring (bicyclic) bond motifs is 2. The third kappa shape index (κ3) is 7.10. The number of nitrogens with zero attached hydrogens (tertiary/aromatic N) is 2. The van der Waals surface area contributed by atoms with Gasteiger partial charge in [0.25, 0.3) is 0 Å². The van der Waals surface area contributed by atoms with Crippen molar-refractivity contribution in [2.75, 3.05) is 0 Å². The predicted molar refractivity (Wildman–Crippen MR) is 184 cm³/mol. The molecule has 0 radical (unpaired) electrons. The maximum Gasteiger partial charge on any atom is 0.100 e. The second-order valence-electron chi connectivity index (χ2n) is 18.4. The van der Waals surface area contributed by atoms with E-state index in [0.717, 1.165) is 111 Å². The maximum atomic E-state index is 14.6. The summed E-state index contributed by atoms with van der Waals surface area (Å²) in [6.45, 7) is 7.53. The van der Waals surface area contributed by atoms with Crippen LogP contribution in [0.5, 0.6) is 0 Å². The summed E-state index contributed by atoms with van der Waals surface area (Å²) in [5.74, 6) is 5.78. The molecule has 7 unspecified atom stereocenters. The van der Waals surface area contributed by atoms with Gasteiger partial charge in [0.05, 0.1) is 0 Å². The topological polar surface area (TPSA) is 6.48 Å². The van der Waals surface area contributed by atoms with E-state index in [1.54, 1.807) is 0 Å². The average molecular weight is 629 g/mol. The van der Waals surface area contributed by atoms with Crippen LogP contribution in [0.2, 0.25) is 0 Å². The summed E-state index contributed by atoms with van der Waals surface area (Å²) < 4.78 is 29.3. The van der Waals surface area contributed by atoms with E-state index in [4.69, 9.17) is 0 Å². The summed E-state index contributed by atoms with van der Waals surface area (Å²) in [4.78, 5) is 6.43. The first kappa shape index (κ1) is 33.3. The average Bonchev–Trinajstić information content (AvgIpc) is 3.05. The highest BCUT2D eigenvalue weighted by Gasteiger charge is 2.58. The van der Waals surface area contributed by atoms with Crippen molar-refractivity contribution in [1.82, 2.24) is 9.80 Å². The van der Waals surface area contributed by atoms with Gasteiger partial charge in [-0.25, -0.2) is 8.78 Å². The van der Waals surface area contributed by atoms with E-state index < -0.39 is 12.3 Å². The number of hydrogen-bond acceptors (Lipinski definition) is 2. The molecular formula is C41H70F2N2. The Morgan fingerprint density at radius 1 is 0.356 bits per heavy atom. The van der Waals surface area contributed by atoms with Crippen molar-refractivity contribution in [2.45, 2.75) is 217 Å². The number of alkyl halides is 2. The van der Waals surface area contributed by atoms with Gasteiger partial charge in [0.15, 0.2) is 0 Å². The van der Waals surface area contributed by atoms with Gasteiger partial charge in [-0.05, 0) is 170 Å². The number of rotatable bonds is 6. The third-order valence-corrected chi connectivity index (χ3v) is 15.4. The molecule has 7 aliphatic rings. The molecule has 7 fully saturated rings. The standard InChI is InChI=1S/C41H70F2N2/c1-27-8-17-32(18-9-27)44(34-21-13-30(42)14-22-34)40-36-6-4-5-7-37(36)41(39-26-29(3)12-25-38(39)40)45(33-19-10-28(2)11-20-33)35-23-15-31(43)16-24-35/h27-41H,4-26H2,1-3H3. The van der Waals surface area contributed by atoms with Gasteiger partial charge in [-0.15, -0.1) is 0 Å². The zero-order chi connectivity index (χ0) is 31.1. The molecule has 7 saturated carbocycles. The molecule has 0 bridgehead atoms. The van der Waals surface area contributed by atoms with E-state index in [2.05, 4.69) is 30.6 Å². The van der Waals surface area contributed by atoms with E-state index >= 15 is 0 Å². The fraction of sp³-hybridized carbons (Fsp3) is 1.00. The van der Waals surface area contributed by atoms with Crippen LogP contribution in [0.4, 0.5) is 8.78 Å². The van der Waals surface area contributed by atoms with Gasteiger partial charge in [-0.2, -0.15) is 0 Å².